The van der Waals surface area contributed by atoms with Crippen molar-refractivity contribution in [1.82, 2.24) is 25.3 Å². The Morgan fingerprint density at radius 1 is 1.21 bits per heavy atom. The Balaban J connectivity index is 1.31. The van der Waals surface area contributed by atoms with E-state index in [0.29, 0.717) is 34.6 Å². The van der Waals surface area contributed by atoms with E-state index in [1.54, 1.807) is 12.1 Å². The number of hydrogen-bond acceptors (Lipinski definition) is 7. The zero-order valence-electron chi connectivity index (χ0n) is 22.4. The molecule has 1 aliphatic heterocycles. The van der Waals surface area contributed by atoms with Gasteiger partial charge >= 0.3 is 6.03 Å². The zero-order valence-corrected chi connectivity index (χ0v) is 22.4. The van der Waals surface area contributed by atoms with Crippen LogP contribution in [0.5, 0.6) is 5.75 Å². The highest BCUT2D eigenvalue weighted by Crippen LogP contribution is 2.38. The van der Waals surface area contributed by atoms with Gasteiger partial charge in [0.1, 0.15) is 11.8 Å². The van der Waals surface area contributed by atoms with Crippen molar-refractivity contribution in [3.63, 3.8) is 0 Å². The minimum Gasteiger partial charge on any atom is -0.490 e. The summed E-state index contributed by atoms with van der Waals surface area (Å²) < 4.78 is 11.3. The van der Waals surface area contributed by atoms with E-state index in [-0.39, 0.29) is 18.2 Å². The molecule has 198 valence electrons. The van der Waals surface area contributed by atoms with Crippen LogP contribution in [0.4, 0.5) is 4.79 Å². The molecule has 1 saturated heterocycles. The third-order valence-electron chi connectivity index (χ3n) is 7.43. The van der Waals surface area contributed by atoms with Crippen LogP contribution in [0.2, 0.25) is 0 Å². The molecule has 9 nitrogen and oxygen atoms in total. The molecule has 1 aliphatic carbocycles. The van der Waals surface area contributed by atoms with Crippen LogP contribution >= 0.6 is 0 Å². The number of piperidine rings is 1. The maximum Gasteiger partial charge on any atom is 0.317 e. The van der Waals surface area contributed by atoms with Crippen LogP contribution < -0.4 is 10.1 Å². The molecule has 0 spiro atoms. The molecule has 2 aromatic carbocycles. The summed E-state index contributed by atoms with van der Waals surface area (Å²) in [7, 11) is 4.20. The van der Waals surface area contributed by atoms with Gasteiger partial charge in [-0.25, -0.2) is 4.79 Å². The number of likely N-dealkylation sites (tertiary alicyclic amines) is 1. The Bertz CT molecular complexity index is 1350. The molecule has 1 atom stereocenters. The van der Waals surface area contributed by atoms with Gasteiger partial charge in [0.05, 0.1) is 17.7 Å². The number of urea groups is 1. The Hall–Kier alpha value is -3.90. The van der Waals surface area contributed by atoms with Crippen molar-refractivity contribution in [2.75, 3.05) is 27.2 Å². The lowest BCUT2D eigenvalue weighted by Gasteiger charge is -2.35. The number of benzene rings is 2. The second kappa shape index (κ2) is 10.8. The van der Waals surface area contributed by atoms with E-state index in [2.05, 4.69) is 46.6 Å². The van der Waals surface area contributed by atoms with Gasteiger partial charge in [-0.05, 0) is 83.0 Å². The number of aromatic nitrogens is 2. The topological polar surface area (TPSA) is 108 Å². The van der Waals surface area contributed by atoms with Gasteiger partial charge in [0.2, 0.25) is 5.82 Å². The summed E-state index contributed by atoms with van der Waals surface area (Å²) in [5.41, 5.74) is 4.22. The average molecular weight is 515 g/mol. The third kappa shape index (κ3) is 5.22. The van der Waals surface area contributed by atoms with E-state index in [9.17, 15) is 10.1 Å². The first-order valence-corrected chi connectivity index (χ1v) is 13.2. The summed E-state index contributed by atoms with van der Waals surface area (Å²) in [6.45, 7) is 5.39. The van der Waals surface area contributed by atoms with Crippen molar-refractivity contribution < 1.29 is 14.1 Å². The second-order valence-corrected chi connectivity index (χ2v) is 10.5. The molecule has 2 aliphatic rings. The number of nitriles is 1. The highest BCUT2D eigenvalue weighted by atomic mass is 16.5. The highest BCUT2D eigenvalue weighted by Gasteiger charge is 2.30. The molecule has 1 N–H and O–H groups in total. The summed E-state index contributed by atoms with van der Waals surface area (Å²) in [5.74, 6) is 1.37. The normalized spacial score (nSPS) is 17.5. The number of carbonyl (C=O) groups excluding carboxylic acids is 1. The van der Waals surface area contributed by atoms with Crippen LogP contribution in [0, 0.1) is 11.3 Å². The summed E-state index contributed by atoms with van der Waals surface area (Å²) in [6.07, 6.45) is 3.61. The molecule has 3 aromatic rings. The first-order chi connectivity index (χ1) is 18.3. The molecule has 0 radical (unpaired) electrons. The van der Waals surface area contributed by atoms with E-state index < -0.39 is 0 Å². The first kappa shape index (κ1) is 25.7. The Morgan fingerprint density at radius 3 is 2.71 bits per heavy atom. The van der Waals surface area contributed by atoms with Crippen LogP contribution in [0.1, 0.15) is 55.8 Å². The lowest BCUT2D eigenvalue weighted by atomic mass is 10.0. The van der Waals surface area contributed by atoms with Crippen molar-refractivity contribution in [3.8, 4) is 34.7 Å². The average Bonchev–Trinajstić information content (AvgIpc) is 3.56. The largest absolute Gasteiger partial charge is 0.490 e. The van der Waals surface area contributed by atoms with Crippen molar-refractivity contribution in [1.29, 1.82) is 5.26 Å². The van der Waals surface area contributed by atoms with Crippen LogP contribution in [-0.2, 0) is 6.42 Å². The lowest BCUT2D eigenvalue weighted by Crippen LogP contribution is -2.48. The van der Waals surface area contributed by atoms with Gasteiger partial charge in [-0.3, -0.25) is 0 Å². The molecule has 9 heteroatoms. The van der Waals surface area contributed by atoms with Crippen molar-refractivity contribution in [2.45, 2.75) is 57.7 Å². The number of rotatable bonds is 6. The fourth-order valence-electron chi connectivity index (χ4n) is 5.40. The lowest BCUT2D eigenvalue weighted by molar-refractivity contribution is 0.146. The fourth-order valence-corrected chi connectivity index (χ4v) is 5.40. The maximum absolute atomic E-state index is 13.0. The number of nitrogens with zero attached hydrogens (tertiary/aromatic N) is 5. The predicted molar refractivity (Wildman–Crippen MR) is 144 cm³/mol. The number of amides is 2. The van der Waals surface area contributed by atoms with E-state index >= 15 is 0 Å². The minimum atomic E-state index is -0.0397. The van der Waals surface area contributed by atoms with Crippen LogP contribution in [0.25, 0.3) is 22.8 Å². The van der Waals surface area contributed by atoms with Gasteiger partial charge in [0.15, 0.2) is 0 Å². The first-order valence-electron chi connectivity index (χ1n) is 13.2. The Labute approximate surface area is 223 Å². The summed E-state index contributed by atoms with van der Waals surface area (Å²) >= 11 is 0. The summed E-state index contributed by atoms with van der Waals surface area (Å²) in [5, 5.41) is 17.1. The van der Waals surface area contributed by atoms with Gasteiger partial charge in [-0.1, -0.05) is 23.4 Å². The van der Waals surface area contributed by atoms with Gasteiger partial charge < -0.3 is 24.4 Å². The number of nitrogens with one attached hydrogen (secondary N) is 1. The minimum absolute atomic E-state index is 0.00509. The van der Waals surface area contributed by atoms with E-state index in [4.69, 9.17) is 9.26 Å². The smallest absolute Gasteiger partial charge is 0.317 e. The molecule has 0 saturated carbocycles. The number of fused-ring (bicyclic) bond motifs is 1. The van der Waals surface area contributed by atoms with E-state index in [1.165, 1.54) is 0 Å². The van der Waals surface area contributed by atoms with Gasteiger partial charge in [-0.15, -0.1) is 0 Å². The number of ether oxygens (including phenoxy) is 1. The molecule has 0 unspecified atom stereocenters. The Kier molecular flexibility index (Phi) is 7.34. The van der Waals surface area contributed by atoms with E-state index in [0.717, 1.165) is 55.5 Å². The number of carbonyl (C=O) groups is 1. The molecule has 2 heterocycles. The molecule has 5 rings (SSSR count). The molecule has 1 fully saturated rings. The van der Waals surface area contributed by atoms with Crippen molar-refractivity contribution in [3.05, 3.63) is 53.1 Å². The highest BCUT2D eigenvalue weighted by molar-refractivity contribution is 5.76. The predicted octanol–water partition coefficient (Wildman–Crippen LogP) is 4.79. The monoisotopic (exact) mass is 514 g/mol. The van der Waals surface area contributed by atoms with Gasteiger partial charge in [-0.2, -0.15) is 10.2 Å². The van der Waals surface area contributed by atoms with E-state index in [1.807, 2.05) is 36.9 Å². The van der Waals surface area contributed by atoms with Gasteiger partial charge in [0.25, 0.3) is 5.89 Å². The molecule has 2 amide bonds. The van der Waals surface area contributed by atoms with Crippen LogP contribution in [0.3, 0.4) is 0 Å². The summed E-state index contributed by atoms with van der Waals surface area (Å²) in [4.78, 5) is 21.8. The second-order valence-electron chi connectivity index (χ2n) is 10.5. The van der Waals surface area contributed by atoms with Crippen LogP contribution in [0.15, 0.2) is 40.9 Å². The fraction of sp³-hybridized carbons (Fsp3) is 0.448. The Morgan fingerprint density at radius 2 is 2.00 bits per heavy atom. The molecular formula is C29H34N6O3. The van der Waals surface area contributed by atoms with Crippen molar-refractivity contribution in [2.24, 2.45) is 0 Å². The molecule has 0 bridgehead atoms. The van der Waals surface area contributed by atoms with Crippen LogP contribution in [-0.4, -0.2) is 65.3 Å². The summed E-state index contributed by atoms with van der Waals surface area (Å²) in [6, 6.07) is 14.0. The maximum atomic E-state index is 13.0. The SMILES string of the molecule is CC(C)Oc1ccc(-c2nc(-c3cccc4c3CC[C@@H]4NC(=O)N3CCC(N(C)C)CC3)no2)cc1C#N. The quantitative estimate of drug-likeness (QED) is 0.504. The van der Waals surface area contributed by atoms with Gasteiger partial charge in [0, 0.05) is 30.3 Å². The molecular weight excluding hydrogens is 480 g/mol. The van der Waals surface area contributed by atoms with Crippen molar-refractivity contribution >= 4 is 6.03 Å². The number of hydrogen-bond donors (Lipinski definition) is 1. The third-order valence-corrected chi connectivity index (χ3v) is 7.43. The molecule has 1 aromatic heterocycles. The standard InChI is InChI=1S/C29H34N6O3/c1-18(2)37-26-11-8-19(16-20(26)17-30)28-32-27(33-38-28)24-7-5-6-23-22(24)9-10-25(23)31-29(36)35-14-12-21(13-15-35)34(3)4/h5-8,11,16,18,21,25H,9-10,12-15H2,1-4H3,(H,31,36)/t25-/m0/s1. The zero-order chi connectivity index (χ0) is 26.8. The molecule has 38 heavy (non-hydrogen) atoms.